The molecule has 126 valence electrons. The van der Waals surface area contributed by atoms with Gasteiger partial charge in [-0.3, -0.25) is 4.79 Å². The van der Waals surface area contributed by atoms with Gasteiger partial charge in [-0.25, -0.2) is 4.79 Å². The zero-order chi connectivity index (χ0) is 17.3. The van der Waals surface area contributed by atoms with Gasteiger partial charge in [0.2, 0.25) is 5.91 Å². The highest BCUT2D eigenvalue weighted by Crippen LogP contribution is 2.28. The summed E-state index contributed by atoms with van der Waals surface area (Å²) in [6.45, 7) is 7.83. The monoisotopic (exact) mass is 319 g/mol. The van der Waals surface area contributed by atoms with Gasteiger partial charge in [0.15, 0.2) is 0 Å². The molecule has 0 bridgehead atoms. The van der Waals surface area contributed by atoms with E-state index in [2.05, 4.69) is 5.32 Å². The number of nitrogens with zero attached hydrogens (tertiary/aromatic N) is 1. The fourth-order valence-corrected chi connectivity index (χ4v) is 2.58. The minimum Gasteiger partial charge on any atom is -0.444 e. The van der Waals surface area contributed by atoms with Crippen molar-refractivity contribution in [2.24, 2.45) is 0 Å². The molecule has 1 heterocycles. The molecule has 1 fully saturated rings. The minimum atomic E-state index is -0.594. The van der Waals surface area contributed by atoms with E-state index >= 15 is 0 Å². The van der Waals surface area contributed by atoms with Crippen molar-refractivity contribution in [3.8, 4) is 0 Å². The third-order valence-corrected chi connectivity index (χ3v) is 3.74. The van der Waals surface area contributed by atoms with Gasteiger partial charge < -0.3 is 20.7 Å². The van der Waals surface area contributed by atoms with E-state index in [1.807, 2.05) is 39.8 Å². The van der Waals surface area contributed by atoms with Crippen LogP contribution in [0.2, 0.25) is 0 Å². The van der Waals surface area contributed by atoms with Crippen LogP contribution in [0.4, 0.5) is 16.2 Å². The lowest BCUT2D eigenvalue weighted by Crippen LogP contribution is -2.56. The minimum absolute atomic E-state index is 0.0282. The molecule has 0 aromatic heterocycles. The van der Waals surface area contributed by atoms with Crippen molar-refractivity contribution in [2.75, 3.05) is 17.2 Å². The number of rotatable bonds is 2. The van der Waals surface area contributed by atoms with Crippen molar-refractivity contribution in [1.82, 2.24) is 5.32 Å². The molecule has 1 unspecified atom stereocenters. The molecule has 1 aliphatic rings. The summed E-state index contributed by atoms with van der Waals surface area (Å²) in [6.07, 6.45) is 0.396. The molecule has 1 aromatic carbocycles. The van der Waals surface area contributed by atoms with Crippen molar-refractivity contribution in [3.05, 3.63) is 24.3 Å². The summed E-state index contributed by atoms with van der Waals surface area (Å²) >= 11 is 0. The van der Waals surface area contributed by atoms with Crippen LogP contribution in [0.15, 0.2) is 24.3 Å². The zero-order valence-corrected chi connectivity index (χ0v) is 14.2. The third-order valence-electron chi connectivity index (χ3n) is 3.74. The quantitative estimate of drug-likeness (QED) is 0.821. The van der Waals surface area contributed by atoms with Crippen LogP contribution in [-0.2, 0) is 9.53 Å². The number of alkyl carbamates (subject to hydrolysis) is 1. The van der Waals surface area contributed by atoms with Gasteiger partial charge in [0, 0.05) is 17.9 Å². The smallest absolute Gasteiger partial charge is 0.408 e. The summed E-state index contributed by atoms with van der Waals surface area (Å²) in [7, 11) is 0. The van der Waals surface area contributed by atoms with Crippen LogP contribution in [0.5, 0.6) is 0 Å². The number of hydrogen-bond donors (Lipinski definition) is 2. The van der Waals surface area contributed by atoms with Gasteiger partial charge in [0.25, 0.3) is 0 Å². The van der Waals surface area contributed by atoms with Crippen LogP contribution in [0, 0.1) is 0 Å². The number of benzene rings is 1. The van der Waals surface area contributed by atoms with Gasteiger partial charge in [0.1, 0.15) is 5.60 Å². The van der Waals surface area contributed by atoms with E-state index in [4.69, 9.17) is 10.5 Å². The molecule has 0 spiro atoms. The molecule has 1 atom stereocenters. The standard InChI is InChI=1S/C17H25N3O3/c1-16(2,3)23-15(22)19-17(4)9-10-20(14(21)11-17)13-7-5-12(18)6-8-13/h5-8H,9-11,18H2,1-4H3,(H,19,22). The van der Waals surface area contributed by atoms with E-state index in [0.717, 1.165) is 5.69 Å². The highest BCUT2D eigenvalue weighted by atomic mass is 16.6. The van der Waals surface area contributed by atoms with Crippen LogP contribution in [0.1, 0.15) is 40.5 Å². The van der Waals surface area contributed by atoms with E-state index in [9.17, 15) is 9.59 Å². The number of nitrogens with two attached hydrogens (primary N) is 1. The molecule has 3 N–H and O–H groups in total. The third kappa shape index (κ3) is 4.61. The molecule has 1 saturated heterocycles. The Labute approximate surface area is 137 Å². The molecule has 6 nitrogen and oxygen atoms in total. The summed E-state index contributed by atoms with van der Waals surface area (Å²) in [5.74, 6) is -0.0282. The fraction of sp³-hybridized carbons (Fsp3) is 0.529. The number of amides is 2. The number of hydrogen-bond acceptors (Lipinski definition) is 4. The number of nitrogen functional groups attached to an aromatic ring is 1. The largest absolute Gasteiger partial charge is 0.444 e. The topological polar surface area (TPSA) is 84.7 Å². The summed E-state index contributed by atoms with van der Waals surface area (Å²) in [6, 6.07) is 7.21. The fourth-order valence-electron chi connectivity index (χ4n) is 2.58. The maximum Gasteiger partial charge on any atom is 0.408 e. The van der Waals surface area contributed by atoms with E-state index in [1.165, 1.54) is 0 Å². The predicted octanol–water partition coefficient (Wildman–Crippen LogP) is 2.68. The van der Waals surface area contributed by atoms with E-state index < -0.39 is 17.2 Å². The van der Waals surface area contributed by atoms with Gasteiger partial charge in [-0.15, -0.1) is 0 Å². The first-order chi connectivity index (χ1) is 10.6. The average molecular weight is 319 g/mol. The molecule has 2 rings (SSSR count). The highest BCUT2D eigenvalue weighted by Gasteiger charge is 2.37. The summed E-state index contributed by atoms with van der Waals surface area (Å²) in [5, 5.41) is 2.83. The van der Waals surface area contributed by atoms with Crippen LogP contribution in [0.3, 0.4) is 0 Å². The van der Waals surface area contributed by atoms with Crippen molar-refractivity contribution >= 4 is 23.4 Å². The number of piperidine rings is 1. The molecule has 1 aromatic rings. The maximum atomic E-state index is 12.5. The lowest BCUT2D eigenvalue weighted by Gasteiger charge is -2.39. The Morgan fingerprint density at radius 1 is 1.30 bits per heavy atom. The van der Waals surface area contributed by atoms with E-state index in [0.29, 0.717) is 18.7 Å². The molecule has 0 saturated carbocycles. The Hall–Kier alpha value is -2.24. The number of anilines is 2. The second-order valence-electron chi connectivity index (χ2n) is 7.25. The number of nitrogens with one attached hydrogen (secondary N) is 1. The maximum absolute atomic E-state index is 12.5. The van der Waals surface area contributed by atoms with Crippen LogP contribution in [-0.4, -0.2) is 29.7 Å². The van der Waals surface area contributed by atoms with E-state index in [-0.39, 0.29) is 12.3 Å². The molecule has 23 heavy (non-hydrogen) atoms. The van der Waals surface area contributed by atoms with Crippen LogP contribution < -0.4 is 16.0 Å². The number of ether oxygens (including phenoxy) is 1. The zero-order valence-electron chi connectivity index (χ0n) is 14.2. The Morgan fingerprint density at radius 3 is 2.43 bits per heavy atom. The number of carbonyl (C=O) groups is 2. The van der Waals surface area contributed by atoms with Gasteiger partial charge in [-0.2, -0.15) is 0 Å². The van der Waals surface area contributed by atoms with E-state index in [1.54, 1.807) is 17.0 Å². The highest BCUT2D eigenvalue weighted by molar-refractivity contribution is 5.95. The Balaban J connectivity index is 2.01. The Morgan fingerprint density at radius 2 is 1.91 bits per heavy atom. The normalized spacial score (nSPS) is 21.9. The van der Waals surface area contributed by atoms with Crippen molar-refractivity contribution in [1.29, 1.82) is 0 Å². The predicted molar refractivity (Wildman–Crippen MR) is 90.2 cm³/mol. The average Bonchev–Trinajstić information content (AvgIpc) is 2.37. The Bertz CT molecular complexity index is 592. The summed E-state index contributed by atoms with van der Waals surface area (Å²) in [4.78, 5) is 26.1. The van der Waals surface area contributed by atoms with Gasteiger partial charge >= 0.3 is 6.09 Å². The molecular weight excluding hydrogens is 294 g/mol. The van der Waals surface area contributed by atoms with Crippen molar-refractivity contribution < 1.29 is 14.3 Å². The summed E-state index contributed by atoms with van der Waals surface area (Å²) < 4.78 is 5.28. The lowest BCUT2D eigenvalue weighted by molar-refractivity contribution is -0.121. The molecule has 0 aliphatic carbocycles. The summed E-state index contributed by atoms with van der Waals surface area (Å²) in [5.41, 5.74) is 6.00. The second kappa shape index (κ2) is 6.10. The van der Waals surface area contributed by atoms with Crippen molar-refractivity contribution in [3.63, 3.8) is 0 Å². The SMILES string of the molecule is CC1(NC(=O)OC(C)(C)C)CCN(c2ccc(N)cc2)C(=O)C1. The Kier molecular flexibility index (Phi) is 4.54. The van der Waals surface area contributed by atoms with Crippen LogP contribution >= 0.6 is 0 Å². The van der Waals surface area contributed by atoms with Gasteiger partial charge in [0.05, 0.1) is 12.0 Å². The first kappa shape index (κ1) is 17.1. The molecule has 2 amide bonds. The molecule has 1 aliphatic heterocycles. The van der Waals surface area contributed by atoms with Gasteiger partial charge in [-0.1, -0.05) is 0 Å². The lowest BCUT2D eigenvalue weighted by atomic mass is 9.89. The first-order valence-corrected chi connectivity index (χ1v) is 7.75. The van der Waals surface area contributed by atoms with Gasteiger partial charge in [-0.05, 0) is 58.4 Å². The molecule has 6 heteroatoms. The second-order valence-corrected chi connectivity index (χ2v) is 7.25. The van der Waals surface area contributed by atoms with Crippen molar-refractivity contribution in [2.45, 2.75) is 51.7 Å². The van der Waals surface area contributed by atoms with Crippen LogP contribution in [0.25, 0.3) is 0 Å². The number of carbonyl (C=O) groups excluding carboxylic acids is 2. The molecule has 0 radical (unpaired) electrons. The first-order valence-electron chi connectivity index (χ1n) is 7.75. The molecular formula is C17H25N3O3.